The van der Waals surface area contributed by atoms with Crippen LogP contribution in [0.2, 0.25) is 6.04 Å². The highest BCUT2D eigenvalue weighted by Crippen LogP contribution is 2.20. The number of esters is 1. The molecule has 0 amide bonds. The zero-order valence-corrected chi connectivity index (χ0v) is 14.8. The summed E-state index contributed by atoms with van der Waals surface area (Å²) >= 11 is 0. The van der Waals surface area contributed by atoms with Crippen molar-refractivity contribution in [1.82, 2.24) is 0 Å². The van der Waals surface area contributed by atoms with Crippen molar-refractivity contribution >= 4 is 14.8 Å². The van der Waals surface area contributed by atoms with Crippen molar-refractivity contribution < 1.29 is 22.8 Å². The van der Waals surface area contributed by atoms with Gasteiger partial charge in [-0.05, 0) is 34.1 Å². The monoisotopic (exact) mass is 326 g/mol. The van der Waals surface area contributed by atoms with Crippen molar-refractivity contribution in [2.24, 2.45) is 0 Å². The molecule has 0 aliphatic heterocycles. The number of allylic oxidation sites excluding steroid dienone is 3. The summed E-state index contributed by atoms with van der Waals surface area (Å²) in [5.41, 5.74) is 0.379. The van der Waals surface area contributed by atoms with E-state index in [0.717, 1.165) is 0 Å². The molecule has 124 valence electrons. The van der Waals surface area contributed by atoms with Gasteiger partial charge in [-0.15, -0.1) is 0 Å². The number of hydrogen-bond acceptors (Lipinski definition) is 5. The van der Waals surface area contributed by atoms with Crippen LogP contribution >= 0.6 is 0 Å². The van der Waals surface area contributed by atoms with Crippen LogP contribution in [-0.2, 0) is 22.8 Å². The van der Waals surface area contributed by atoms with Gasteiger partial charge in [0.1, 0.15) is 0 Å². The van der Waals surface area contributed by atoms with Crippen LogP contribution in [0.25, 0.3) is 0 Å². The van der Waals surface area contributed by atoms with E-state index in [0.29, 0.717) is 18.0 Å². The quantitative estimate of drug-likeness (QED) is 0.188. The van der Waals surface area contributed by atoms with E-state index >= 15 is 0 Å². The van der Waals surface area contributed by atoms with Crippen molar-refractivity contribution in [2.75, 3.05) is 6.61 Å². The van der Waals surface area contributed by atoms with Gasteiger partial charge in [-0.3, -0.25) is 0 Å². The molecule has 0 aromatic rings. The van der Waals surface area contributed by atoms with E-state index in [9.17, 15) is 4.79 Å². The van der Waals surface area contributed by atoms with Crippen LogP contribution in [0.1, 0.15) is 34.1 Å². The first-order valence-corrected chi connectivity index (χ1v) is 9.14. The summed E-state index contributed by atoms with van der Waals surface area (Å²) in [4.78, 5) is 11.3. The molecule has 0 unspecified atom stereocenters. The zero-order valence-electron chi connectivity index (χ0n) is 13.8. The minimum Gasteiger partial charge on any atom is -0.490 e. The molecule has 0 N–H and O–H groups in total. The lowest BCUT2D eigenvalue weighted by atomic mass is 10.4. The van der Waals surface area contributed by atoms with Crippen molar-refractivity contribution in [1.29, 1.82) is 0 Å². The number of ether oxygens (including phenoxy) is 1. The highest BCUT2D eigenvalue weighted by atomic mass is 28.4. The molecule has 0 heterocycles. The van der Waals surface area contributed by atoms with Gasteiger partial charge in [0, 0.05) is 5.57 Å². The fourth-order valence-corrected chi connectivity index (χ4v) is 3.48. The van der Waals surface area contributed by atoms with Gasteiger partial charge in [-0.2, -0.15) is 0 Å². The van der Waals surface area contributed by atoms with Crippen molar-refractivity contribution in [3.8, 4) is 0 Å². The topological polar surface area (TPSA) is 54.0 Å². The lowest BCUT2D eigenvalue weighted by molar-refractivity contribution is -0.139. The van der Waals surface area contributed by atoms with E-state index in [-0.39, 0.29) is 6.61 Å². The summed E-state index contributed by atoms with van der Waals surface area (Å²) < 4.78 is 22.1. The largest absolute Gasteiger partial charge is 0.698 e. The van der Waals surface area contributed by atoms with Crippen molar-refractivity contribution in [2.45, 2.75) is 40.2 Å². The smallest absolute Gasteiger partial charge is 0.490 e. The van der Waals surface area contributed by atoms with Crippen LogP contribution < -0.4 is 0 Å². The average Bonchev–Trinajstić information content (AvgIpc) is 2.52. The van der Waals surface area contributed by atoms with Crippen LogP contribution in [0.5, 0.6) is 0 Å². The van der Waals surface area contributed by atoms with Crippen LogP contribution in [-0.4, -0.2) is 21.4 Å². The minimum atomic E-state index is -2.93. The Morgan fingerprint density at radius 1 is 1.00 bits per heavy atom. The van der Waals surface area contributed by atoms with Gasteiger partial charge in [0.2, 0.25) is 0 Å². The Labute approximate surface area is 134 Å². The van der Waals surface area contributed by atoms with Gasteiger partial charge in [0.25, 0.3) is 0 Å². The van der Waals surface area contributed by atoms with E-state index in [1.165, 1.54) is 0 Å². The Morgan fingerprint density at radius 3 is 1.82 bits per heavy atom. The molecule has 0 aromatic carbocycles. The Bertz CT molecular complexity index is 390. The van der Waals surface area contributed by atoms with E-state index in [1.807, 2.05) is 20.8 Å². The van der Waals surface area contributed by atoms with Crippen LogP contribution in [0.4, 0.5) is 0 Å². The molecule has 0 rings (SSSR count). The fraction of sp³-hybridized carbons (Fsp3) is 0.438. The first-order valence-electron chi connectivity index (χ1n) is 7.21. The lowest BCUT2D eigenvalue weighted by Crippen LogP contribution is -2.41. The molecule has 0 aliphatic rings. The molecule has 0 spiro atoms. The SMILES string of the molecule is C=C(C)C(=O)OCCC[Si](OC=CC)(OC=CC)OC=CC. The van der Waals surface area contributed by atoms with Crippen LogP contribution in [0.15, 0.2) is 49.2 Å². The van der Waals surface area contributed by atoms with Crippen molar-refractivity contribution in [3.63, 3.8) is 0 Å². The predicted molar refractivity (Wildman–Crippen MR) is 88.6 cm³/mol. The average molecular weight is 326 g/mol. The van der Waals surface area contributed by atoms with Crippen LogP contribution in [0.3, 0.4) is 0 Å². The Kier molecular flexibility index (Phi) is 10.6. The third-order valence-electron chi connectivity index (χ3n) is 2.36. The Balaban J connectivity index is 4.72. The predicted octanol–water partition coefficient (Wildman–Crippen LogP) is 4.09. The van der Waals surface area contributed by atoms with Gasteiger partial charge in [-0.1, -0.05) is 24.8 Å². The van der Waals surface area contributed by atoms with E-state index in [2.05, 4.69) is 6.58 Å². The molecule has 0 atom stereocenters. The molecule has 5 nitrogen and oxygen atoms in total. The van der Waals surface area contributed by atoms with Gasteiger partial charge in [0.15, 0.2) is 0 Å². The summed E-state index contributed by atoms with van der Waals surface area (Å²) in [6.07, 6.45) is 10.5. The van der Waals surface area contributed by atoms with Gasteiger partial charge in [-0.25, -0.2) is 4.79 Å². The Hall–Kier alpha value is -1.95. The van der Waals surface area contributed by atoms with Crippen molar-refractivity contribution in [3.05, 3.63) is 49.2 Å². The van der Waals surface area contributed by atoms with E-state index < -0.39 is 14.8 Å². The number of carbonyl (C=O) groups excluding carboxylic acids is 1. The molecule has 0 saturated carbocycles. The second-order valence-electron chi connectivity index (χ2n) is 4.46. The first-order chi connectivity index (χ1) is 10.5. The first kappa shape index (κ1) is 20.0. The molecular formula is C16H26O5Si. The second-order valence-corrected chi connectivity index (χ2v) is 7.04. The van der Waals surface area contributed by atoms with Gasteiger partial charge < -0.3 is 18.0 Å². The molecule has 6 heteroatoms. The maximum Gasteiger partial charge on any atom is 0.698 e. The van der Waals surface area contributed by atoms with E-state index in [4.69, 9.17) is 18.0 Å². The number of hydrogen-bond donors (Lipinski definition) is 0. The summed E-state index contributed by atoms with van der Waals surface area (Å²) in [6.45, 7) is 10.9. The summed E-state index contributed by atoms with van der Waals surface area (Å²) in [6, 6.07) is 0.509. The highest BCUT2D eigenvalue weighted by Gasteiger charge is 2.45. The summed E-state index contributed by atoms with van der Waals surface area (Å²) in [7, 11) is -2.93. The number of carbonyl (C=O) groups is 1. The second kappa shape index (κ2) is 11.7. The zero-order chi connectivity index (χ0) is 16.8. The Morgan fingerprint density at radius 2 is 1.45 bits per heavy atom. The summed E-state index contributed by atoms with van der Waals surface area (Å²) in [5, 5.41) is 0. The van der Waals surface area contributed by atoms with Crippen LogP contribution in [0, 0.1) is 0 Å². The molecule has 22 heavy (non-hydrogen) atoms. The highest BCUT2D eigenvalue weighted by molar-refractivity contribution is 6.61. The molecule has 0 fully saturated rings. The number of rotatable bonds is 11. The standard InChI is InChI=1S/C16H26O5Si/c1-6-10-19-22(20-11-7-2,21-12-8-3)14-9-13-18-16(17)15(4)5/h6-8,10-12H,4,9,13-14H2,1-3,5H3. The molecule has 0 aromatic heterocycles. The fourth-order valence-electron chi connectivity index (χ4n) is 1.35. The minimum absolute atomic E-state index is 0.262. The maximum atomic E-state index is 11.3. The van der Waals surface area contributed by atoms with Gasteiger partial charge in [0.05, 0.1) is 31.4 Å². The third-order valence-corrected chi connectivity index (χ3v) is 4.81. The molecular weight excluding hydrogens is 300 g/mol. The molecule has 0 bridgehead atoms. The maximum absolute atomic E-state index is 11.3. The molecule has 0 radical (unpaired) electrons. The molecule has 0 aliphatic carbocycles. The van der Waals surface area contributed by atoms with Gasteiger partial charge >= 0.3 is 14.8 Å². The lowest BCUT2D eigenvalue weighted by Gasteiger charge is -2.25. The third kappa shape index (κ3) is 8.36. The molecule has 0 saturated heterocycles. The summed E-state index contributed by atoms with van der Waals surface area (Å²) in [5.74, 6) is -0.398. The normalized spacial score (nSPS) is 14.2. The van der Waals surface area contributed by atoms with E-state index in [1.54, 1.807) is 43.9 Å².